The summed E-state index contributed by atoms with van der Waals surface area (Å²) in [7, 11) is 3.21. The number of rotatable bonds is 4. The zero-order chi connectivity index (χ0) is 19.1. The van der Waals surface area contributed by atoms with Crippen LogP contribution in [0.1, 0.15) is 29.0 Å². The van der Waals surface area contributed by atoms with Gasteiger partial charge in [0.05, 0.1) is 24.8 Å². The molecule has 0 fully saturated rings. The summed E-state index contributed by atoms with van der Waals surface area (Å²) in [4.78, 5) is 17.3. The van der Waals surface area contributed by atoms with E-state index < -0.39 is 0 Å². The number of hydrogen-bond donors (Lipinski definition) is 2. The summed E-state index contributed by atoms with van der Waals surface area (Å²) in [5.74, 6) is 1.04. The summed E-state index contributed by atoms with van der Waals surface area (Å²) in [6.45, 7) is 1.51. The lowest BCUT2D eigenvalue weighted by Gasteiger charge is -2.24. The third-order valence-corrected chi connectivity index (χ3v) is 5.42. The van der Waals surface area contributed by atoms with Crippen LogP contribution < -0.4 is 20.5 Å². The largest absolute Gasteiger partial charge is 0.493 e. The molecule has 4 rings (SSSR count). The fourth-order valence-electron chi connectivity index (χ4n) is 3.44. The third-order valence-electron chi connectivity index (χ3n) is 4.59. The van der Waals surface area contributed by atoms with Crippen LogP contribution >= 0.6 is 11.3 Å². The van der Waals surface area contributed by atoms with Crippen molar-refractivity contribution in [3.63, 3.8) is 0 Å². The van der Waals surface area contributed by atoms with Crippen molar-refractivity contribution in [2.24, 2.45) is 0 Å². The highest BCUT2D eigenvalue weighted by Gasteiger charge is 2.30. The van der Waals surface area contributed by atoms with Crippen LogP contribution in [0.25, 0.3) is 11.6 Å². The minimum atomic E-state index is -0.144. The van der Waals surface area contributed by atoms with Gasteiger partial charge in [0, 0.05) is 24.1 Å². The maximum atomic E-state index is 11.8. The molecule has 6 nitrogen and oxygen atoms in total. The van der Waals surface area contributed by atoms with Gasteiger partial charge in [0.25, 0.3) is 0 Å². The Labute approximate surface area is 161 Å². The summed E-state index contributed by atoms with van der Waals surface area (Å²) >= 11 is 1.46. The summed E-state index contributed by atoms with van der Waals surface area (Å²) in [6, 6.07) is 5.76. The van der Waals surface area contributed by atoms with E-state index in [1.165, 1.54) is 18.3 Å². The van der Waals surface area contributed by atoms with E-state index in [0.29, 0.717) is 16.6 Å². The Hall–Kier alpha value is -3.06. The van der Waals surface area contributed by atoms with Crippen molar-refractivity contribution in [1.29, 1.82) is 0 Å². The Morgan fingerprint density at radius 2 is 2.00 bits per heavy atom. The molecule has 138 valence electrons. The number of nitrogens with one attached hydrogen (secondary N) is 1. The monoisotopic (exact) mass is 381 g/mol. The highest BCUT2D eigenvalue weighted by atomic mass is 32.1. The van der Waals surface area contributed by atoms with Crippen LogP contribution in [0.2, 0.25) is 0 Å². The van der Waals surface area contributed by atoms with Crippen LogP contribution in [0.4, 0.5) is 5.13 Å². The first-order chi connectivity index (χ1) is 13.0. The maximum absolute atomic E-state index is 11.8. The average molecular weight is 381 g/mol. The van der Waals surface area contributed by atoms with Crippen molar-refractivity contribution in [2.75, 3.05) is 20.0 Å². The van der Waals surface area contributed by atoms with Gasteiger partial charge in [0.1, 0.15) is 0 Å². The highest BCUT2D eigenvalue weighted by molar-refractivity contribution is 7.16. The molecule has 3 N–H and O–H groups in total. The highest BCUT2D eigenvalue weighted by Crippen LogP contribution is 2.46. The normalized spacial score (nSPS) is 17.3. The minimum absolute atomic E-state index is 0.112. The summed E-state index contributed by atoms with van der Waals surface area (Å²) in [6.07, 6.45) is 6.17. The van der Waals surface area contributed by atoms with Gasteiger partial charge in [0.2, 0.25) is 5.91 Å². The molecule has 1 aromatic heterocycles. The Morgan fingerprint density at radius 3 is 2.70 bits per heavy atom. The molecule has 2 aliphatic carbocycles. The number of methoxy groups -OCH3 is 2. The van der Waals surface area contributed by atoms with Crippen molar-refractivity contribution in [3.05, 3.63) is 57.8 Å². The lowest BCUT2D eigenvalue weighted by Crippen LogP contribution is -2.25. The van der Waals surface area contributed by atoms with Gasteiger partial charge in [-0.3, -0.25) is 4.79 Å². The van der Waals surface area contributed by atoms with Crippen LogP contribution in [0.5, 0.6) is 11.5 Å². The number of carbonyl (C=O) groups excluding carboxylic acids is 1. The first kappa shape index (κ1) is 17.4. The predicted octanol–water partition coefficient (Wildman–Crippen LogP) is 3.34. The van der Waals surface area contributed by atoms with Crippen molar-refractivity contribution < 1.29 is 14.3 Å². The van der Waals surface area contributed by atoms with Crippen LogP contribution in [0.3, 0.4) is 0 Å². The van der Waals surface area contributed by atoms with Gasteiger partial charge in [-0.1, -0.05) is 23.5 Å². The predicted molar refractivity (Wildman–Crippen MR) is 107 cm³/mol. The number of thiazole rings is 1. The lowest BCUT2D eigenvalue weighted by molar-refractivity contribution is -0.118. The second-order valence-electron chi connectivity index (χ2n) is 6.32. The van der Waals surface area contributed by atoms with Crippen molar-refractivity contribution in [1.82, 2.24) is 10.3 Å². The SMILES string of the molecule is COc1ccc(C2C=C3C(=Cc4sc(N)nc43)C=C2NC(C)=O)cc1OC. The van der Waals surface area contributed by atoms with Gasteiger partial charge in [-0.25, -0.2) is 4.98 Å². The van der Waals surface area contributed by atoms with Gasteiger partial charge in [-0.15, -0.1) is 0 Å². The number of nitrogens with zero attached hydrogens (tertiary/aromatic N) is 1. The Bertz CT molecular complexity index is 1030. The Kier molecular flexibility index (Phi) is 4.24. The number of hydrogen-bond acceptors (Lipinski definition) is 6. The van der Waals surface area contributed by atoms with E-state index in [2.05, 4.69) is 22.5 Å². The fraction of sp³-hybridized carbons (Fsp3) is 0.200. The molecule has 1 aromatic carbocycles. The van der Waals surface area contributed by atoms with Gasteiger partial charge in [-0.2, -0.15) is 0 Å². The zero-order valence-corrected chi connectivity index (χ0v) is 16.0. The molecule has 2 aromatic rings. The molecule has 0 radical (unpaired) electrons. The quantitative estimate of drug-likeness (QED) is 0.848. The van der Waals surface area contributed by atoms with Crippen LogP contribution in [0, 0.1) is 0 Å². The number of carbonyl (C=O) groups is 1. The molecule has 1 amide bonds. The van der Waals surface area contributed by atoms with E-state index >= 15 is 0 Å². The van der Waals surface area contributed by atoms with E-state index in [4.69, 9.17) is 15.2 Å². The van der Waals surface area contributed by atoms with E-state index in [1.54, 1.807) is 14.2 Å². The number of amides is 1. The molecular weight excluding hydrogens is 362 g/mol. The summed E-state index contributed by atoms with van der Waals surface area (Å²) in [5.41, 5.74) is 10.6. The van der Waals surface area contributed by atoms with E-state index in [1.807, 2.05) is 24.3 Å². The number of fused-ring (bicyclic) bond motifs is 3. The van der Waals surface area contributed by atoms with Crippen molar-refractivity contribution in [2.45, 2.75) is 12.8 Å². The number of allylic oxidation sites excluding steroid dienone is 4. The minimum Gasteiger partial charge on any atom is -0.493 e. The van der Waals surface area contributed by atoms with Crippen LogP contribution in [0.15, 0.2) is 41.6 Å². The standard InChI is InChI=1S/C20H19N3O3S/c1-10(24)22-15-6-12-8-18-19(23-20(21)27-18)14(12)9-13(15)11-4-5-16(25-2)17(7-11)26-3/h4-9,13H,1-3H3,(H2,21,23)(H,22,24). The first-order valence-electron chi connectivity index (χ1n) is 8.42. The molecule has 2 aliphatic rings. The van der Waals surface area contributed by atoms with Crippen LogP contribution in [-0.2, 0) is 4.79 Å². The second kappa shape index (κ2) is 6.59. The molecule has 1 heterocycles. The Morgan fingerprint density at radius 1 is 1.22 bits per heavy atom. The maximum Gasteiger partial charge on any atom is 0.221 e. The molecule has 27 heavy (non-hydrogen) atoms. The molecule has 0 bridgehead atoms. The van der Waals surface area contributed by atoms with Crippen molar-refractivity contribution >= 4 is 34.0 Å². The van der Waals surface area contributed by atoms with Gasteiger partial charge in [-0.05, 0) is 35.4 Å². The Balaban J connectivity index is 1.82. The number of ether oxygens (including phenoxy) is 2. The second-order valence-corrected chi connectivity index (χ2v) is 7.38. The number of aromatic nitrogens is 1. The van der Waals surface area contributed by atoms with Crippen LogP contribution in [-0.4, -0.2) is 25.1 Å². The smallest absolute Gasteiger partial charge is 0.221 e. The van der Waals surface area contributed by atoms with E-state index in [-0.39, 0.29) is 11.8 Å². The number of benzene rings is 1. The van der Waals surface area contributed by atoms with Gasteiger partial charge in [0.15, 0.2) is 16.6 Å². The molecule has 1 atom stereocenters. The average Bonchev–Trinajstić information content (AvgIpc) is 3.15. The molecule has 1 unspecified atom stereocenters. The third kappa shape index (κ3) is 3.00. The molecule has 0 aliphatic heterocycles. The molecule has 0 saturated carbocycles. The number of nitrogens with two attached hydrogens (primary N) is 1. The summed E-state index contributed by atoms with van der Waals surface area (Å²) in [5, 5.41) is 3.51. The topological polar surface area (TPSA) is 86.5 Å². The molecule has 7 heteroatoms. The lowest BCUT2D eigenvalue weighted by atomic mass is 9.86. The van der Waals surface area contributed by atoms with Crippen molar-refractivity contribution in [3.8, 4) is 11.5 Å². The first-order valence-corrected chi connectivity index (χ1v) is 9.23. The van der Waals surface area contributed by atoms with Gasteiger partial charge < -0.3 is 20.5 Å². The fourth-order valence-corrected chi connectivity index (χ4v) is 4.24. The van der Waals surface area contributed by atoms with E-state index in [9.17, 15) is 4.79 Å². The summed E-state index contributed by atoms with van der Waals surface area (Å²) < 4.78 is 10.8. The van der Waals surface area contributed by atoms with Gasteiger partial charge >= 0.3 is 0 Å². The molecule has 0 spiro atoms. The zero-order valence-electron chi connectivity index (χ0n) is 15.2. The molecule has 0 saturated heterocycles. The molecular formula is C20H19N3O3S. The van der Waals surface area contributed by atoms with E-state index in [0.717, 1.165) is 33.0 Å². The number of anilines is 1. The number of nitrogen functional groups attached to an aromatic ring is 1.